The predicted molar refractivity (Wildman–Crippen MR) is 79.3 cm³/mol. The maximum Gasteiger partial charge on any atom is 0.247 e. The molecule has 0 spiro atoms. The molecule has 2 aliphatic rings. The summed E-state index contributed by atoms with van der Waals surface area (Å²) in [7, 11) is 0. The minimum absolute atomic E-state index is 0.0184. The van der Waals surface area contributed by atoms with E-state index in [1.54, 1.807) is 4.90 Å². The Kier molecular flexibility index (Phi) is 5.58. The Bertz CT molecular complexity index is 348. The molecule has 20 heavy (non-hydrogen) atoms. The van der Waals surface area contributed by atoms with Crippen molar-refractivity contribution >= 4 is 11.8 Å². The summed E-state index contributed by atoms with van der Waals surface area (Å²) in [5.41, 5.74) is 0. The summed E-state index contributed by atoms with van der Waals surface area (Å²) in [5.74, 6) is 0.0490. The van der Waals surface area contributed by atoms with Crippen molar-refractivity contribution in [3.8, 4) is 0 Å². The topological polar surface area (TPSA) is 49.4 Å². The van der Waals surface area contributed by atoms with Crippen LogP contribution < -0.4 is 5.32 Å². The number of imide groups is 1. The van der Waals surface area contributed by atoms with Gasteiger partial charge in [0.05, 0.1) is 12.5 Å². The van der Waals surface area contributed by atoms with E-state index in [-0.39, 0.29) is 23.9 Å². The zero-order valence-corrected chi connectivity index (χ0v) is 12.9. The number of nitrogens with zero attached hydrogens (tertiary/aromatic N) is 1. The van der Waals surface area contributed by atoms with Crippen molar-refractivity contribution in [2.45, 2.75) is 89.8 Å². The Balaban J connectivity index is 1.97. The van der Waals surface area contributed by atoms with E-state index in [0.717, 1.165) is 38.5 Å². The first-order chi connectivity index (χ1) is 9.63. The van der Waals surface area contributed by atoms with E-state index in [4.69, 9.17) is 0 Å². The van der Waals surface area contributed by atoms with Crippen molar-refractivity contribution in [1.82, 2.24) is 10.2 Å². The van der Waals surface area contributed by atoms with Crippen LogP contribution >= 0.6 is 0 Å². The van der Waals surface area contributed by atoms with Gasteiger partial charge in [-0.15, -0.1) is 0 Å². The maximum absolute atomic E-state index is 12.5. The number of nitrogens with one attached hydrogen (secondary N) is 1. The number of hydrogen-bond acceptors (Lipinski definition) is 3. The van der Waals surface area contributed by atoms with Crippen LogP contribution in [0.25, 0.3) is 0 Å². The number of hydrogen-bond donors (Lipinski definition) is 1. The number of carbonyl (C=O) groups excluding carboxylic acids is 2. The zero-order valence-electron chi connectivity index (χ0n) is 12.9. The van der Waals surface area contributed by atoms with Gasteiger partial charge in [-0.25, -0.2) is 0 Å². The number of rotatable bonds is 5. The van der Waals surface area contributed by atoms with Crippen LogP contribution in [0.4, 0.5) is 0 Å². The smallest absolute Gasteiger partial charge is 0.247 e. The summed E-state index contributed by atoms with van der Waals surface area (Å²) in [6.07, 6.45) is 9.24. The molecule has 1 N–H and O–H groups in total. The SMILES string of the molecule is CCCC(C)NC1CC(=O)N(C2CCCCCC2)C1=O. The van der Waals surface area contributed by atoms with Gasteiger partial charge in [0.15, 0.2) is 0 Å². The van der Waals surface area contributed by atoms with Crippen LogP contribution in [-0.4, -0.2) is 34.8 Å². The monoisotopic (exact) mass is 280 g/mol. The Morgan fingerprint density at radius 2 is 1.85 bits per heavy atom. The molecule has 1 aliphatic carbocycles. The average molecular weight is 280 g/mol. The molecule has 0 aromatic heterocycles. The number of carbonyl (C=O) groups is 2. The van der Waals surface area contributed by atoms with Crippen molar-refractivity contribution in [1.29, 1.82) is 0 Å². The average Bonchev–Trinajstić information content (AvgIpc) is 2.61. The molecule has 2 amide bonds. The van der Waals surface area contributed by atoms with Crippen LogP contribution in [0.5, 0.6) is 0 Å². The van der Waals surface area contributed by atoms with Gasteiger partial charge in [-0.05, 0) is 26.2 Å². The van der Waals surface area contributed by atoms with E-state index in [2.05, 4.69) is 19.2 Å². The lowest BCUT2D eigenvalue weighted by atomic mass is 10.1. The fourth-order valence-corrected chi connectivity index (χ4v) is 3.54. The molecule has 0 radical (unpaired) electrons. The Morgan fingerprint density at radius 1 is 1.20 bits per heavy atom. The Hall–Kier alpha value is -0.900. The van der Waals surface area contributed by atoms with E-state index in [0.29, 0.717) is 12.5 Å². The van der Waals surface area contributed by atoms with Crippen molar-refractivity contribution in [2.75, 3.05) is 0 Å². The Labute approximate surface area is 122 Å². The van der Waals surface area contributed by atoms with Crippen LogP contribution in [0, 0.1) is 0 Å². The minimum Gasteiger partial charge on any atom is -0.303 e. The predicted octanol–water partition coefficient (Wildman–Crippen LogP) is 2.61. The molecule has 114 valence electrons. The van der Waals surface area contributed by atoms with Crippen LogP contribution in [-0.2, 0) is 9.59 Å². The first kappa shape index (κ1) is 15.5. The molecular formula is C16H28N2O2. The van der Waals surface area contributed by atoms with Gasteiger partial charge in [-0.2, -0.15) is 0 Å². The molecule has 2 atom stereocenters. The highest BCUT2D eigenvalue weighted by Crippen LogP contribution is 2.26. The second kappa shape index (κ2) is 7.21. The van der Waals surface area contributed by atoms with Crippen molar-refractivity contribution in [2.24, 2.45) is 0 Å². The van der Waals surface area contributed by atoms with Crippen molar-refractivity contribution < 1.29 is 9.59 Å². The van der Waals surface area contributed by atoms with Crippen LogP contribution in [0.1, 0.15) is 71.6 Å². The van der Waals surface area contributed by atoms with Crippen LogP contribution in [0.2, 0.25) is 0 Å². The normalized spacial score (nSPS) is 26.9. The second-order valence-corrected chi connectivity index (χ2v) is 6.36. The lowest BCUT2D eigenvalue weighted by molar-refractivity contribution is -0.141. The highest BCUT2D eigenvalue weighted by molar-refractivity contribution is 6.05. The first-order valence-electron chi connectivity index (χ1n) is 8.25. The fraction of sp³-hybridized carbons (Fsp3) is 0.875. The molecule has 1 saturated heterocycles. The van der Waals surface area contributed by atoms with Crippen LogP contribution in [0.3, 0.4) is 0 Å². The number of amides is 2. The molecule has 1 aliphatic heterocycles. The van der Waals surface area contributed by atoms with E-state index >= 15 is 0 Å². The van der Waals surface area contributed by atoms with Gasteiger partial charge < -0.3 is 5.32 Å². The molecule has 2 unspecified atom stereocenters. The van der Waals surface area contributed by atoms with Crippen LogP contribution in [0.15, 0.2) is 0 Å². The van der Waals surface area contributed by atoms with Gasteiger partial charge in [-0.1, -0.05) is 39.0 Å². The van der Waals surface area contributed by atoms with Gasteiger partial charge in [0, 0.05) is 12.1 Å². The summed E-state index contributed by atoms with van der Waals surface area (Å²) in [6, 6.07) is 0.175. The van der Waals surface area contributed by atoms with Gasteiger partial charge in [0.1, 0.15) is 0 Å². The zero-order chi connectivity index (χ0) is 14.5. The summed E-state index contributed by atoms with van der Waals surface area (Å²) < 4.78 is 0. The lowest BCUT2D eigenvalue weighted by Crippen LogP contribution is -2.45. The third-order valence-corrected chi connectivity index (χ3v) is 4.58. The molecule has 0 aromatic rings. The van der Waals surface area contributed by atoms with E-state index in [9.17, 15) is 9.59 Å². The van der Waals surface area contributed by atoms with Gasteiger partial charge in [-0.3, -0.25) is 14.5 Å². The first-order valence-corrected chi connectivity index (χ1v) is 8.25. The number of likely N-dealkylation sites (tertiary alicyclic amines) is 1. The molecule has 1 heterocycles. The molecule has 4 nitrogen and oxygen atoms in total. The van der Waals surface area contributed by atoms with E-state index < -0.39 is 0 Å². The third kappa shape index (κ3) is 3.60. The summed E-state index contributed by atoms with van der Waals surface area (Å²) in [4.78, 5) is 26.3. The molecule has 0 bridgehead atoms. The molecule has 2 rings (SSSR count). The molecule has 4 heteroatoms. The fourth-order valence-electron chi connectivity index (χ4n) is 3.54. The highest BCUT2D eigenvalue weighted by Gasteiger charge is 2.42. The standard InChI is InChI=1S/C16H28N2O2/c1-3-8-12(2)17-14-11-15(19)18(16(14)20)13-9-6-4-5-7-10-13/h12-14,17H,3-11H2,1-2H3. The summed E-state index contributed by atoms with van der Waals surface area (Å²) in [6.45, 7) is 4.23. The van der Waals surface area contributed by atoms with Crippen molar-refractivity contribution in [3.05, 3.63) is 0 Å². The molecule has 2 fully saturated rings. The van der Waals surface area contributed by atoms with E-state index in [1.807, 2.05) is 0 Å². The quantitative estimate of drug-likeness (QED) is 0.622. The molecule has 0 aromatic carbocycles. The highest BCUT2D eigenvalue weighted by atomic mass is 16.2. The Morgan fingerprint density at radius 3 is 2.45 bits per heavy atom. The van der Waals surface area contributed by atoms with Gasteiger partial charge >= 0.3 is 0 Å². The van der Waals surface area contributed by atoms with E-state index in [1.165, 1.54) is 12.8 Å². The third-order valence-electron chi connectivity index (χ3n) is 4.58. The van der Waals surface area contributed by atoms with Gasteiger partial charge in [0.25, 0.3) is 0 Å². The summed E-state index contributed by atoms with van der Waals surface area (Å²) in [5, 5.41) is 3.33. The van der Waals surface area contributed by atoms with Gasteiger partial charge in [0.2, 0.25) is 11.8 Å². The maximum atomic E-state index is 12.5. The molecule has 1 saturated carbocycles. The lowest BCUT2D eigenvalue weighted by Gasteiger charge is -2.26. The second-order valence-electron chi connectivity index (χ2n) is 6.36. The molecular weight excluding hydrogens is 252 g/mol. The largest absolute Gasteiger partial charge is 0.303 e. The van der Waals surface area contributed by atoms with Crippen molar-refractivity contribution in [3.63, 3.8) is 0 Å². The minimum atomic E-state index is -0.285. The summed E-state index contributed by atoms with van der Waals surface area (Å²) >= 11 is 0.